The molecule has 1 aromatic carbocycles. The lowest BCUT2D eigenvalue weighted by Gasteiger charge is -2.27. The van der Waals surface area contributed by atoms with Crippen LogP contribution in [0.5, 0.6) is 0 Å². The molecule has 6 nitrogen and oxygen atoms in total. The fraction of sp³-hybridized carbons (Fsp3) is 0.286. The summed E-state index contributed by atoms with van der Waals surface area (Å²) in [4.78, 5) is 17.2. The number of amides is 1. The van der Waals surface area contributed by atoms with Crippen molar-refractivity contribution in [2.45, 2.75) is 26.3 Å². The predicted octanol–water partition coefficient (Wildman–Crippen LogP) is 3.15. The Balaban J connectivity index is 1.53. The molecule has 0 aliphatic carbocycles. The molecule has 0 saturated carbocycles. The van der Waals surface area contributed by atoms with Crippen molar-refractivity contribution in [1.82, 2.24) is 25.4 Å². The highest BCUT2D eigenvalue weighted by Gasteiger charge is 2.21. The quantitative estimate of drug-likeness (QED) is 0.711. The van der Waals surface area contributed by atoms with Crippen LogP contribution in [0, 0.1) is 13.8 Å². The smallest absolute Gasteiger partial charge is 0.271 e. The van der Waals surface area contributed by atoms with E-state index >= 15 is 0 Å². The van der Waals surface area contributed by atoms with Gasteiger partial charge in [-0.05, 0) is 56.1 Å². The van der Waals surface area contributed by atoms with E-state index in [2.05, 4.69) is 32.8 Å². The minimum absolute atomic E-state index is 0.0758. The zero-order valence-corrected chi connectivity index (χ0v) is 16.6. The van der Waals surface area contributed by atoms with Crippen molar-refractivity contribution in [3.8, 4) is 5.82 Å². The summed E-state index contributed by atoms with van der Waals surface area (Å²) < 4.78 is 1.71. The number of aryl methyl sites for hydroxylation is 2. The number of pyridine rings is 1. The standard InChI is InChI=1S/C21H22ClN5O/c1-13-11-14(2)27(26-13)19-8-7-17(22)20(25-19)21(28)24-12-18-16-6-4-3-5-15(16)9-10-23-18/h3-8,11,18,23H,9-10,12H2,1-2H3,(H,24,28). The van der Waals surface area contributed by atoms with E-state index in [1.165, 1.54) is 11.1 Å². The minimum Gasteiger partial charge on any atom is -0.349 e. The number of fused-ring (bicyclic) bond motifs is 1. The second-order valence-corrected chi connectivity index (χ2v) is 7.41. The maximum Gasteiger partial charge on any atom is 0.271 e. The van der Waals surface area contributed by atoms with Gasteiger partial charge in [0.05, 0.1) is 10.7 Å². The molecule has 4 rings (SSSR count). The molecular formula is C21H22ClN5O. The molecule has 2 N–H and O–H groups in total. The highest BCUT2D eigenvalue weighted by molar-refractivity contribution is 6.33. The maximum absolute atomic E-state index is 12.8. The van der Waals surface area contributed by atoms with Crippen LogP contribution < -0.4 is 10.6 Å². The van der Waals surface area contributed by atoms with E-state index in [1.807, 2.05) is 32.0 Å². The van der Waals surface area contributed by atoms with Crippen molar-refractivity contribution in [1.29, 1.82) is 0 Å². The first-order valence-electron chi connectivity index (χ1n) is 9.32. The topological polar surface area (TPSA) is 71.8 Å². The molecule has 0 radical (unpaired) electrons. The van der Waals surface area contributed by atoms with Crippen LogP contribution >= 0.6 is 11.6 Å². The van der Waals surface area contributed by atoms with E-state index in [0.29, 0.717) is 17.4 Å². The Labute approximate surface area is 168 Å². The molecule has 1 atom stereocenters. The van der Waals surface area contributed by atoms with Crippen LogP contribution in [0.3, 0.4) is 0 Å². The number of hydrogen-bond donors (Lipinski definition) is 2. The van der Waals surface area contributed by atoms with E-state index in [0.717, 1.165) is 24.4 Å². The molecular weight excluding hydrogens is 374 g/mol. The summed E-state index contributed by atoms with van der Waals surface area (Å²) in [5.74, 6) is 0.277. The number of benzene rings is 1. The van der Waals surface area contributed by atoms with Gasteiger partial charge in [0.2, 0.25) is 0 Å². The molecule has 2 aromatic heterocycles. The lowest BCUT2D eigenvalue weighted by Crippen LogP contribution is -2.39. The Hall–Kier alpha value is -2.70. The van der Waals surface area contributed by atoms with Crippen molar-refractivity contribution in [2.75, 3.05) is 13.1 Å². The molecule has 1 amide bonds. The monoisotopic (exact) mass is 395 g/mol. The van der Waals surface area contributed by atoms with Crippen molar-refractivity contribution in [3.05, 3.63) is 75.7 Å². The summed E-state index contributed by atoms with van der Waals surface area (Å²) in [6.45, 7) is 5.23. The number of halogens is 1. The third kappa shape index (κ3) is 3.66. The predicted molar refractivity (Wildman–Crippen MR) is 109 cm³/mol. The number of carbonyl (C=O) groups is 1. The van der Waals surface area contributed by atoms with Crippen LogP contribution in [0.25, 0.3) is 5.82 Å². The van der Waals surface area contributed by atoms with E-state index in [1.54, 1.807) is 16.8 Å². The molecule has 0 spiro atoms. The van der Waals surface area contributed by atoms with Crippen molar-refractivity contribution in [2.24, 2.45) is 0 Å². The Morgan fingerprint density at radius 1 is 1.29 bits per heavy atom. The maximum atomic E-state index is 12.8. The number of hydrogen-bond acceptors (Lipinski definition) is 4. The van der Waals surface area contributed by atoms with Gasteiger partial charge in [0, 0.05) is 18.3 Å². The van der Waals surface area contributed by atoms with Crippen LogP contribution in [-0.4, -0.2) is 33.8 Å². The third-order valence-electron chi connectivity index (χ3n) is 4.96. The average Bonchev–Trinajstić information content (AvgIpc) is 3.04. The second kappa shape index (κ2) is 7.73. The van der Waals surface area contributed by atoms with Gasteiger partial charge in [-0.1, -0.05) is 35.9 Å². The molecule has 144 valence electrons. The van der Waals surface area contributed by atoms with Crippen LogP contribution in [0.1, 0.15) is 39.0 Å². The summed E-state index contributed by atoms with van der Waals surface area (Å²) in [5, 5.41) is 11.2. The molecule has 3 heterocycles. The molecule has 3 aromatic rings. The lowest BCUT2D eigenvalue weighted by atomic mass is 9.94. The van der Waals surface area contributed by atoms with Crippen molar-refractivity contribution >= 4 is 17.5 Å². The van der Waals surface area contributed by atoms with Gasteiger partial charge in [-0.25, -0.2) is 9.67 Å². The van der Waals surface area contributed by atoms with E-state index in [-0.39, 0.29) is 17.6 Å². The Morgan fingerprint density at radius 3 is 2.89 bits per heavy atom. The fourth-order valence-corrected chi connectivity index (χ4v) is 3.81. The molecule has 0 fully saturated rings. The highest BCUT2D eigenvalue weighted by atomic mass is 35.5. The fourth-order valence-electron chi connectivity index (χ4n) is 3.62. The van der Waals surface area contributed by atoms with Crippen LogP contribution in [0.2, 0.25) is 5.02 Å². The second-order valence-electron chi connectivity index (χ2n) is 7.00. The molecule has 1 aliphatic rings. The number of carbonyl (C=O) groups excluding carboxylic acids is 1. The summed E-state index contributed by atoms with van der Waals surface area (Å²) in [6, 6.07) is 13.8. The summed E-state index contributed by atoms with van der Waals surface area (Å²) in [6.07, 6.45) is 0.999. The molecule has 28 heavy (non-hydrogen) atoms. The lowest BCUT2D eigenvalue weighted by molar-refractivity contribution is 0.0944. The van der Waals surface area contributed by atoms with Crippen LogP contribution in [0.15, 0.2) is 42.5 Å². The van der Waals surface area contributed by atoms with Crippen molar-refractivity contribution in [3.63, 3.8) is 0 Å². The number of nitrogens with zero attached hydrogens (tertiary/aromatic N) is 3. The summed E-state index contributed by atoms with van der Waals surface area (Å²) in [5.41, 5.74) is 4.59. The van der Waals surface area contributed by atoms with Gasteiger partial charge in [0.1, 0.15) is 5.69 Å². The van der Waals surface area contributed by atoms with E-state index in [9.17, 15) is 4.79 Å². The first-order valence-corrected chi connectivity index (χ1v) is 9.70. The van der Waals surface area contributed by atoms with Gasteiger partial charge in [-0.2, -0.15) is 5.10 Å². The average molecular weight is 396 g/mol. The number of nitrogens with one attached hydrogen (secondary N) is 2. The molecule has 7 heteroatoms. The van der Waals surface area contributed by atoms with Gasteiger partial charge < -0.3 is 10.6 Å². The first-order chi connectivity index (χ1) is 13.5. The number of aromatic nitrogens is 3. The molecule has 0 saturated heterocycles. The third-order valence-corrected chi connectivity index (χ3v) is 5.26. The normalized spacial score (nSPS) is 15.9. The minimum atomic E-state index is -0.293. The zero-order chi connectivity index (χ0) is 19.7. The van der Waals surface area contributed by atoms with Gasteiger partial charge in [-0.3, -0.25) is 4.79 Å². The van der Waals surface area contributed by atoms with Crippen LogP contribution in [0.4, 0.5) is 0 Å². The Bertz CT molecular complexity index is 1030. The number of rotatable bonds is 4. The largest absolute Gasteiger partial charge is 0.349 e. The van der Waals surface area contributed by atoms with Crippen LogP contribution in [-0.2, 0) is 6.42 Å². The zero-order valence-electron chi connectivity index (χ0n) is 15.9. The van der Waals surface area contributed by atoms with E-state index < -0.39 is 0 Å². The SMILES string of the molecule is Cc1cc(C)n(-c2ccc(Cl)c(C(=O)NCC3NCCc4ccccc43)n2)n1. The van der Waals surface area contributed by atoms with Gasteiger partial charge >= 0.3 is 0 Å². The first kappa shape index (κ1) is 18.7. The van der Waals surface area contributed by atoms with Crippen molar-refractivity contribution < 1.29 is 4.79 Å². The highest BCUT2D eigenvalue weighted by Crippen LogP contribution is 2.22. The summed E-state index contributed by atoms with van der Waals surface area (Å²) in [7, 11) is 0. The van der Waals surface area contributed by atoms with Gasteiger partial charge in [-0.15, -0.1) is 0 Å². The molecule has 1 unspecified atom stereocenters. The van der Waals surface area contributed by atoms with E-state index in [4.69, 9.17) is 11.6 Å². The Morgan fingerprint density at radius 2 is 2.11 bits per heavy atom. The molecule has 1 aliphatic heterocycles. The van der Waals surface area contributed by atoms with Gasteiger partial charge in [0.15, 0.2) is 5.82 Å². The Kier molecular flexibility index (Phi) is 5.15. The molecule has 0 bridgehead atoms. The van der Waals surface area contributed by atoms with Gasteiger partial charge in [0.25, 0.3) is 5.91 Å². The summed E-state index contributed by atoms with van der Waals surface area (Å²) >= 11 is 6.26.